The molecule has 1 N–H and O–H groups in total. The molecule has 21 heavy (non-hydrogen) atoms. The lowest BCUT2D eigenvalue weighted by molar-refractivity contribution is -0.149. The van der Waals surface area contributed by atoms with Crippen molar-refractivity contribution in [1.29, 1.82) is 0 Å². The summed E-state index contributed by atoms with van der Waals surface area (Å²) in [7, 11) is -1.90. The molecule has 1 aliphatic rings. The maximum absolute atomic E-state index is 11.8. The molecule has 0 amide bonds. The van der Waals surface area contributed by atoms with Crippen LogP contribution in [-0.4, -0.2) is 37.7 Å². The number of carbonyl (C=O) groups excluding carboxylic acids is 1. The van der Waals surface area contributed by atoms with Gasteiger partial charge in [-0.25, -0.2) is 0 Å². The van der Waals surface area contributed by atoms with Gasteiger partial charge in [0.2, 0.25) is 0 Å². The highest BCUT2D eigenvalue weighted by molar-refractivity contribution is 6.74. The summed E-state index contributed by atoms with van der Waals surface area (Å²) < 4.78 is 11.6. The molecule has 0 aromatic rings. The minimum absolute atomic E-state index is 0.115. The van der Waals surface area contributed by atoms with Gasteiger partial charge in [-0.3, -0.25) is 4.79 Å². The van der Waals surface area contributed by atoms with Crippen LogP contribution in [0.25, 0.3) is 0 Å². The van der Waals surface area contributed by atoms with Crippen molar-refractivity contribution < 1.29 is 19.1 Å². The predicted octanol–water partition coefficient (Wildman–Crippen LogP) is 3.41. The zero-order chi connectivity index (χ0) is 16.3. The minimum Gasteiger partial charge on any atom is -0.463 e. The molecule has 0 radical (unpaired) electrons. The molecule has 5 heteroatoms. The standard InChI is InChI=1S/C16H30O4Si/c1-12-11-13(17)7-8-14(9-10-15(18)19-12)20-21(5,6)16(2,3)4/h7-8,12-14,17H,9-11H2,1-6H3/b8-7+/t12-,13-,14-/m1/s1. The largest absolute Gasteiger partial charge is 0.463 e. The number of hydrogen-bond acceptors (Lipinski definition) is 4. The van der Waals surface area contributed by atoms with Gasteiger partial charge in [0.1, 0.15) is 6.10 Å². The van der Waals surface area contributed by atoms with Crippen LogP contribution >= 0.6 is 0 Å². The fourth-order valence-electron chi connectivity index (χ4n) is 2.01. The van der Waals surface area contributed by atoms with E-state index >= 15 is 0 Å². The Hall–Kier alpha value is -0.653. The van der Waals surface area contributed by atoms with Crippen molar-refractivity contribution in [3.05, 3.63) is 12.2 Å². The summed E-state index contributed by atoms with van der Waals surface area (Å²) in [5.41, 5.74) is 0. The molecule has 3 atom stereocenters. The first-order valence-corrected chi connectivity index (χ1v) is 10.7. The topological polar surface area (TPSA) is 55.8 Å². The summed E-state index contributed by atoms with van der Waals surface area (Å²) in [6.45, 7) is 12.8. The van der Waals surface area contributed by atoms with Crippen molar-refractivity contribution in [3.8, 4) is 0 Å². The summed E-state index contributed by atoms with van der Waals surface area (Å²) in [5.74, 6) is -0.214. The SMILES string of the molecule is C[C@@H]1C[C@H](O)/C=C/[C@@H](O[Si](C)(C)C(C)(C)C)CCC(=O)O1. The molecule has 122 valence electrons. The molecule has 0 fully saturated rings. The predicted molar refractivity (Wildman–Crippen MR) is 86.6 cm³/mol. The van der Waals surface area contributed by atoms with Crippen LogP contribution in [0.15, 0.2) is 12.2 Å². The normalized spacial score (nSPS) is 30.6. The van der Waals surface area contributed by atoms with E-state index in [4.69, 9.17) is 9.16 Å². The highest BCUT2D eigenvalue weighted by atomic mass is 28.4. The molecule has 4 nitrogen and oxygen atoms in total. The third-order valence-corrected chi connectivity index (χ3v) is 8.84. The van der Waals surface area contributed by atoms with Gasteiger partial charge in [0.15, 0.2) is 8.32 Å². The van der Waals surface area contributed by atoms with E-state index in [1.165, 1.54) is 0 Å². The highest BCUT2D eigenvalue weighted by Gasteiger charge is 2.38. The quantitative estimate of drug-likeness (QED) is 0.482. The molecular weight excluding hydrogens is 284 g/mol. The number of hydrogen-bond donors (Lipinski definition) is 1. The van der Waals surface area contributed by atoms with Gasteiger partial charge in [-0.15, -0.1) is 0 Å². The van der Waals surface area contributed by atoms with Crippen LogP contribution in [-0.2, 0) is 14.0 Å². The number of cyclic esters (lactones) is 1. The molecule has 0 bridgehead atoms. The van der Waals surface area contributed by atoms with Crippen LogP contribution in [0.4, 0.5) is 0 Å². The van der Waals surface area contributed by atoms with Crippen molar-refractivity contribution in [2.45, 2.75) is 83.4 Å². The maximum Gasteiger partial charge on any atom is 0.306 e. The maximum atomic E-state index is 11.8. The zero-order valence-electron chi connectivity index (χ0n) is 14.2. The summed E-state index contributed by atoms with van der Waals surface area (Å²) in [6.07, 6.45) is 4.07. The lowest BCUT2D eigenvalue weighted by atomic mass is 10.1. The Morgan fingerprint density at radius 1 is 1.33 bits per heavy atom. The Balaban J connectivity index is 2.82. The summed E-state index contributed by atoms with van der Waals surface area (Å²) in [5, 5.41) is 10.1. The van der Waals surface area contributed by atoms with Gasteiger partial charge in [-0.2, -0.15) is 0 Å². The van der Waals surface area contributed by atoms with E-state index in [9.17, 15) is 9.90 Å². The molecule has 0 unspecified atom stereocenters. The number of carbonyl (C=O) groups is 1. The third kappa shape index (κ3) is 5.92. The molecular formula is C16H30O4Si. The van der Waals surface area contributed by atoms with E-state index < -0.39 is 14.4 Å². The number of rotatable bonds is 2. The van der Waals surface area contributed by atoms with Crippen molar-refractivity contribution in [3.63, 3.8) is 0 Å². The lowest BCUT2D eigenvalue weighted by Gasteiger charge is -2.38. The van der Waals surface area contributed by atoms with Crippen LogP contribution in [0, 0.1) is 0 Å². The summed E-state index contributed by atoms with van der Waals surface area (Å²) in [6, 6.07) is 0. The molecule has 1 heterocycles. The first-order valence-electron chi connectivity index (χ1n) is 7.75. The number of esters is 1. The second kappa shape index (κ2) is 7.07. The first-order chi connectivity index (χ1) is 9.51. The second-order valence-corrected chi connectivity index (χ2v) is 12.2. The van der Waals surface area contributed by atoms with Crippen LogP contribution in [0.5, 0.6) is 0 Å². The van der Waals surface area contributed by atoms with E-state index in [1.54, 1.807) is 13.0 Å². The van der Waals surface area contributed by atoms with E-state index in [0.717, 1.165) is 0 Å². The Bertz CT molecular complexity index is 384. The summed E-state index contributed by atoms with van der Waals surface area (Å²) >= 11 is 0. The Morgan fingerprint density at radius 2 is 1.95 bits per heavy atom. The van der Waals surface area contributed by atoms with E-state index in [-0.39, 0.29) is 23.2 Å². The monoisotopic (exact) mass is 314 g/mol. The van der Waals surface area contributed by atoms with Crippen molar-refractivity contribution >= 4 is 14.3 Å². The number of aliphatic hydroxyl groups excluding tert-OH is 1. The van der Waals surface area contributed by atoms with Gasteiger partial charge in [0, 0.05) is 12.8 Å². The Kier molecular flexibility index (Phi) is 6.19. The summed E-state index contributed by atoms with van der Waals surface area (Å²) in [4.78, 5) is 11.8. The van der Waals surface area contributed by atoms with E-state index in [2.05, 4.69) is 33.9 Å². The van der Waals surface area contributed by atoms with Crippen LogP contribution < -0.4 is 0 Å². The Labute approximate surface area is 129 Å². The van der Waals surface area contributed by atoms with Gasteiger partial charge in [0.05, 0.1) is 12.2 Å². The lowest BCUT2D eigenvalue weighted by Crippen LogP contribution is -2.43. The molecule has 0 saturated heterocycles. The minimum atomic E-state index is -1.90. The molecule has 1 aliphatic heterocycles. The van der Waals surface area contributed by atoms with Crippen LogP contribution in [0.3, 0.4) is 0 Å². The van der Waals surface area contributed by atoms with Crippen LogP contribution in [0.1, 0.15) is 47.0 Å². The van der Waals surface area contributed by atoms with Gasteiger partial charge in [-0.05, 0) is 31.5 Å². The van der Waals surface area contributed by atoms with Gasteiger partial charge in [-0.1, -0.05) is 32.9 Å². The molecule has 0 aliphatic carbocycles. The molecule has 0 aromatic carbocycles. The number of aliphatic hydroxyl groups is 1. The Morgan fingerprint density at radius 3 is 2.52 bits per heavy atom. The fraction of sp³-hybridized carbons (Fsp3) is 0.812. The number of ether oxygens (including phenoxy) is 1. The smallest absolute Gasteiger partial charge is 0.306 e. The third-order valence-electron chi connectivity index (χ3n) is 4.34. The van der Waals surface area contributed by atoms with Crippen molar-refractivity contribution in [1.82, 2.24) is 0 Å². The molecule has 0 aromatic heterocycles. The second-order valence-electron chi connectivity index (χ2n) is 7.44. The van der Waals surface area contributed by atoms with Gasteiger partial charge < -0.3 is 14.3 Å². The van der Waals surface area contributed by atoms with Gasteiger partial charge >= 0.3 is 5.97 Å². The molecule has 0 spiro atoms. The highest BCUT2D eigenvalue weighted by Crippen LogP contribution is 2.38. The van der Waals surface area contributed by atoms with Crippen LogP contribution in [0.2, 0.25) is 18.1 Å². The van der Waals surface area contributed by atoms with Crippen molar-refractivity contribution in [2.24, 2.45) is 0 Å². The van der Waals surface area contributed by atoms with E-state index in [0.29, 0.717) is 19.3 Å². The van der Waals surface area contributed by atoms with E-state index in [1.807, 2.05) is 6.08 Å². The van der Waals surface area contributed by atoms with Gasteiger partial charge in [0.25, 0.3) is 0 Å². The average molecular weight is 314 g/mol. The van der Waals surface area contributed by atoms with Crippen molar-refractivity contribution in [2.75, 3.05) is 0 Å². The first kappa shape index (κ1) is 18.4. The fourth-order valence-corrected chi connectivity index (χ4v) is 3.32. The zero-order valence-corrected chi connectivity index (χ0v) is 15.2. The average Bonchev–Trinajstić information content (AvgIpc) is 2.30. The molecule has 1 rings (SSSR count). The molecule has 0 saturated carbocycles.